The lowest BCUT2D eigenvalue weighted by Crippen LogP contribution is -2.05. The van der Waals surface area contributed by atoms with Crippen molar-refractivity contribution >= 4 is 33.3 Å². The molecule has 0 unspecified atom stereocenters. The van der Waals surface area contributed by atoms with E-state index in [2.05, 4.69) is 15.9 Å². The zero-order chi connectivity index (χ0) is 13.1. The molecule has 0 radical (unpaired) electrons. The number of hydrogen-bond acceptors (Lipinski definition) is 1. The van der Waals surface area contributed by atoms with Gasteiger partial charge in [0.2, 0.25) is 0 Å². The lowest BCUT2D eigenvalue weighted by Gasteiger charge is -2.04. The molecule has 0 aliphatic rings. The van der Waals surface area contributed by atoms with Crippen molar-refractivity contribution in [2.24, 2.45) is 0 Å². The van der Waals surface area contributed by atoms with Crippen molar-refractivity contribution in [2.75, 3.05) is 0 Å². The number of hydrogen-bond donors (Lipinski definition) is 0. The van der Waals surface area contributed by atoms with Crippen molar-refractivity contribution in [3.8, 4) is 0 Å². The predicted octanol–water partition coefficient (Wildman–Crippen LogP) is 4.67. The monoisotopic (exact) mass is 326 g/mol. The Hall–Kier alpha value is -1.19. The van der Waals surface area contributed by atoms with Crippen LogP contribution in [-0.4, -0.2) is 5.78 Å². The minimum atomic E-state index is -0.453. The molecule has 18 heavy (non-hydrogen) atoms. The topological polar surface area (TPSA) is 17.1 Å². The average Bonchev–Trinajstić information content (AvgIpc) is 2.32. The van der Waals surface area contributed by atoms with Gasteiger partial charge in [-0.15, -0.1) is 0 Å². The summed E-state index contributed by atoms with van der Waals surface area (Å²) in [4.78, 5) is 12.0. The van der Waals surface area contributed by atoms with Crippen LogP contribution in [0.2, 0.25) is 5.02 Å². The molecule has 0 aromatic heterocycles. The molecule has 92 valence electrons. The molecule has 0 spiro atoms. The molecule has 0 amide bonds. The summed E-state index contributed by atoms with van der Waals surface area (Å²) in [5.41, 5.74) is 0.906. The lowest BCUT2D eigenvalue weighted by molar-refractivity contribution is 0.0992. The first-order chi connectivity index (χ1) is 8.56. The van der Waals surface area contributed by atoms with Gasteiger partial charge in [-0.25, -0.2) is 4.39 Å². The standard InChI is InChI=1S/C14H9BrClFO/c15-11-3-1-2-10(6-11)14(18)7-9-4-5-12(16)8-13(9)17/h1-6,8H,7H2. The molecule has 4 heteroatoms. The Morgan fingerprint density at radius 2 is 2.00 bits per heavy atom. The van der Waals surface area contributed by atoms with Gasteiger partial charge in [-0.2, -0.15) is 0 Å². The van der Waals surface area contributed by atoms with Crippen molar-refractivity contribution in [2.45, 2.75) is 6.42 Å². The molecular formula is C14H9BrClFO. The first-order valence-electron chi connectivity index (χ1n) is 5.29. The van der Waals surface area contributed by atoms with Crippen LogP contribution >= 0.6 is 27.5 Å². The van der Waals surface area contributed by atoms with Crippen LogP contribution in [-0.2, 0) is 6.42 Å². The van der Waals surface area contributed by atoms with Crippen molar-refractivity contribution in [3.63, 3.8) is 0 Å². The molecule has 0 aliphatic carbocycles. The van der Waals surface area contributed by atoms with Gasteiger partial charge in [-0.1, -0.05) is 45.7 Å². The Morgan fingerprint density at radius 3 is 2.67 bits per heavy atom. The van der Waals surface area contributed by atoms with E-state index < -0.39 is 5.82 Å². The van der Waals surface area contributed by atoms with Crippen LogP contribution in [0, 0.1) is 5.82 Å². The first-order valence-corrected chi connectivity index (χ1v) is 6.46. The number of carbonyl (C=O) groups is 1. The van der Waals surface area contributed by atoms with Crippen LogP contribution in [0.3, 0.4) is 0 Å². The number of rotatable bonds is 3. The van der Waals surface area contributed by atoms with Crippen molar-refractivity contribution in [1.82, 2.24) is 0 Å². The maximum Gasteiger partial charge on any atom is 0.167 e. The Balaban J connectivity index is 2.21. The quantitative estimate of drug-likeness (QED) is 0.749. The smallest absolute Gasteiger partial charge is 0.167 e. The number of Topliss-reactive ketones (excluding diaryl/α,β-unsaturated/α-hetero) is 1. The van der Waals surface area contributed by atoms with E-state index in [0.29, 0.717) is 16.1 Å². The van der Waals surface area contributed by atoms with Crippen LogP contribution < -0.4 is 0 Å². The molecular weight excluding hydrogens is 319 g/mol. The van der Waals surface area contributed by atoms with E-state index in [1.807, 2.05) is 6.07 Å². The van der Waals surface area contributed by atoms with Crippen molar-refractivity contribution in [1.29, 1.82) is 0 Å². The van der Waals surface area contributed by atoms with E-state index in [9.17, 15) is 9.18 Å². The van der Waals surface area contributed by atoms with Gasteiger partial charge in [0, 0.05) is 21.5 Å². The van der Waals surface area contributed by atoms with Crippen LogP contribution in [0.15, 0.2) is 46.9 Å². The van der Waals surface area contributed by atoms with Crippen LogP contribution in [0.25, 0.3) is 0 Å². The summed E-state index contributed by atoms with van der Waals surface area (Å²) in [6, 6.07) is 11.4. The molecule has 2 rings (SSSR count). The number of halogens is 3. The largest absolute Gasteiger partial charge is 0.294 e. The Kier molecular flexibility index (Phi) is 4.15. The highest BCUT2D eigenvalue weighted by atomic mass is 79.9. The fraction of sp³-hybridized carbons (Fsp3) is 0.0714. The van der Waals surface area contributed by atoms with E-state index >= 15 is 0 Å². The Bertz CT molecular complexity index is 598. The molecule has 0 bridgehead atoms. The number of ketones is 1. The second-order valence-corrected chi connectivity index (χ2v) is 5.20. The van der Waals surface area contributed by atoms with Gasteiger partial charge in [0.05, 0.1) is 0 Å². The second kappa shape index (κ2) is 5.63. The maximum absolute atomic E-state index is 13.6. The SMILES string of the molecule is O=C(Cc1ccc(Cl)cc1F)c1cccc(Br)c1. The molecule has 0 N–H and O–H groups in total. The van der Waals surface area contributed by atoms with Gasteiger partial charge in [0.15, 0.2) is 5.78 Å². The third kappa shape index (κ3) is 3.18. The molecule has 2 aromatic carbocycles. The molecule has 0 fully saturated rings. The second-order valence-electron chi connectivity index (χ2n) is 3.85. The fourth-order valence-electron chi connectivity index (χ4n) is 1.60. The molecule has 0 aliphatic heterocycles. The maximum atomic E-state index is 13.6. The van der Waals surface area contributed by atoms with Gasteiger partial charge >= 0.3 is 0 Å². The average molecular weight is 328 g/mol. The zero-order valence-corrected chi connectivity index (χ0v) is 11.6. The minimum Gasteiger partial charge on any atom is -0.294 e. The fourth-order valence-corrected chi connectivity index (χ4v) is 2.16. The number of carbonyl (C=O) groups excluding carboxylic acids is 1. The van der Waals surface area contributed by atoms with Gasteiger partial charge in [-0.05, 0) is 29.8 Å². The van der Waals surface area contributed by atoms with E-state index in [4.69, 9.17) is 11.6 Å². The summed E-state index contributed by atoms with van der Waals surface area (Å²) in [6.07, 6.45) is 0.0272. The van der Waals surface area contributed by atoms with Crippen LogP contribution in [0.1, 0.15) is 15.9 Å². The van der Waals surface area contributed by atoms with E-state index in [0.717, 1.165) is 4.47 Å². The minimum absolute atomic E-state index is 0.0272. The van der Waals surface area contributed by atoms with Gasteiger partial charge in [0.1, 0.15) is 5.82 Å². The highest BCUT2D eigenvalue weighted by Crippen LogP contribution is 2.18. The third-order valence-corrected chi connectivity index (χ3v) is 3.24. The van der Waals surface area contributed by atoms with E-state index in [1.165, 1.54) is 12.1 Å². The summed E-state index contributed by atoms with van der Waals surface area (Å²) in [7, 11) is 0. The molecule has 0 saturated carbocycles. The summed E-state index contributed by atoms with van der Waals surface area (Å²) in [5.74, 6) is -0.580. The van der Waals surface area contributed by atoms with Gasteiger partial charge in [-0.3, -0.25) is 4.79 Å². The Labute approximate surface area is 118 Å². The molecule has 1 nitrogen and oxygen atoms in total. The lowest BCUT2D eigenvalue weighted by atomic mass is 10.0. The van der Waals surface area contributed by atoms with E-state index in [1.54, 1.807) is 24.3 Å². The van der Waals surface area contributed by atoms with Crippen molar-refractivity contribution in [3.05, 3.63) is 68.9 Å². The van der Waals surface area contributed by atoms with E-state index in [-0.39, 0.29) is 12.2 Å². The highest BCUT2D eigenvalue weighted by Gasteiger charge is 2.11. The molecule has 0 atom stereocenters. The van der Waals surface area contributed by atoms with Gasteiger partial charge in [0.25, 0.3) is 0 Å². The molecule has 0 saturated heterocycles. The van der Waals surface area contributed by atoms with Gasteiger partial charge < -0.3 is 0 Å². The summed E-state index contributed by atoms with van der Waals surface area (Å²) in [6.45, 7) is 0. The summed E-state index contributed by atoms with van der Waals surface area (Å²) in [5, 5.41) is 0.325. The predicted molar refractivity (Wildman–Crippen MR) is 73.6 cm³/mol. The highest BCUT2D eigenvalue weighted by molar-refractivity contribution is 9.10. The third-order valence-electron chi connectivity index (χ3n) is 2.51. The van der Waals surface area contributed by atoms with Crippen molar-refractivity contribution < 1.29 is 9.18 Å². The zero-order valence-electron chi connectivity index (χ0n) is 9.29. The summed E-state index contributed by atoms with van der Waals surface area (Å²) >= 11 is 8.96. The Morgan fingerprint density at radius 1 is 1.22 bits per heavy atom. The molecule has 0 heterocycles. The van der Waals surface area contributed by atoms with Crippen LogP contribution in [0.5, 0.6) is 0 Å². The first kappa shape index (κ1) is 13.2. The van der Waals surface area contributed by atoms with Crippen LogP contribution in [0.4, 0.5) is 4.39 Å². The number of benzene rings is 2. The summed E-state index contributed by atoms with van der Waals surface area (Å²) < 4.78 is 14.4. The normalized spacial score (nSPS) is 10.4. The molecule has 2 aromatic rings.